The lowest BCUT2D eigenvalue weighted by Gasteiger charge is -2.01. The number of carbonyl (C=O) groups excluding carboxylic acids is 1. The van der Waals surface area contributed by atoms with Crippen LogP contribution in [0.2, 0.25) is 0 Å². The van der Waals surface area contributed by atoms with Gasteiger partial charge in [-0.25, -0.2) is 4.39 Å². The molecule has 1 saturated carbocycles. The molecule has 1 aromatic heterocycles. The van der Waals surface area contributed by atoms with E-state index in [1.54, 1.807) is 11.3 Å². The van der Waals surface area contributed by atoms with Crippen LogP contribution in [-0.2, 0) is 0 Å². The van der Waals surface area contributed by atoms with E-state index < -0.39 is 0 Å². The number of benzene rings is 1. The number of rotatable bonds is 3. The molecule has 0 spiro atoms. The summed E-state index contributed by atoms with van der Waals surface area (Å²) in [6.45, 7) is 0. The normalized spacial score (nSPS) is 14.9. The quantitative estimate of drug-likeness (QED) is 0.740. The van der Waals surface area contributed by atoms with E-state index in [0.29, 0.717) is 17.0 Å². The lowest BCUT2D eigenvalue weighted by atomic mass is 10.1. The van der Waals surface area contributed by atoms with Gasteiger partial charge >= 0.3 is 0 Å². The Labute approximate surface area is 103 Å². The highest BCUT2D eigenvalue weighted by Gasteiger charge is 2.25. The van der Waals surface area contributed by atoms with Crippen molar-refractivity contribution < 1.29 is 9.18 Å². The van der Waals surface area contributed by atoms with Gasteiger partial charge in [0.1, 0.15) is 5.82 Å². The third-order valence-corrected chi connectivity index (χ3v) is 4.30. The number of halogens is 1. The summed E-state index contributed by atoms with van der Waals surface area (Å²) in [5.74, 6) is 0.397. The van der Waals surface area contributed by atoms with Crippen molar-refractivity contribution in [1.29, 1.82) is 0 Å². The van der Waals surface area contributed by atoms with Gasteiger partial charge in [0.05, 0.1) is 0 Å². The highest BCUT2D eigenvalue weighted by Crippen LogP contribution is 2.45. The number of thiophene rings is 1. The van der Waals surface area contributed by atoms with E-state index in [2.05, 4.69) is 6.07 Å². The molecule has 1 aliphatic carbocycles. The topological polar surface area (TPSA) is 17.1 Å². The smallest absolute Gasteiger partial charge is 0.150 e. The Bertz CT molecular complexity index is 569. The third kappa shape index (κ3) is 2.03. The third-order valence-electron chi connectivity index (χ3n) is 3.01. The van der Waals surface area contributed by atoms with Crippen molar-refractivity contribution >= 4 is 17.6 Å². The van der Waals surface area contributed by atoms with E-state index in [0.717, 1.165) is 11.2 Å². The Balaban J connectivity index is 2.06. The molecule has 1 aliphatic rings. The Kier molecular flexibility index (Phi) is 2.56. The molecule has 3 heteroatoms. The van der Waals surface area contributed by atoms with Crippen molar-refractivity contribution in [3.8, 4) is 10.4 Å². The first-order chi connectivity index (χ1) is 8.28. The summed E-state index contributed by atoms with van der Waals surface area (Å²) in [5, 5.41) is 0. The number of carbonyl (C=O) groups is 1. The van der Waals surface area contributed by atoms with E-state index in [1.165, 1.54) is 35.9 Å². The van der Waals surface area contributed by atoms with Gasteiger partial charge in [-0.3, -0.25) is 4.79 Å². The van der Waals surface area contributed by atoms with Gasteiger partial charge in [0, 0.05) is 20.9 Å². The second-order valence-electron chi connectivity index (χ2n) is 4.33. The van der Waals surface area contributed by atoms with E-state index in [9.17, 15) is 9.18 Å². The van der Waals surface area contributed by atoms with E-state index in [-0.39, 0.29) is 5.82 Å². The Morgan fingerprint density at radius 1 is 1.24 bits per heavy atom. The predicted octanol–water partition coefficient (Wildman–Crippen LogP) is 4.24. The fourth-order valence-corrected chi connectivity index (χ4v) is 3.14. The lowest BCUT2D eigenvalue weighted by molar-refractivity contribution is 0.112. The minimum Gasteiger partial charge on any atom is -0.298 e. The fourth-order valence-electron chi connectivity index (χ4n) is 1.93. The van der Waals surface area contributed by atoms with E-state index in [1.807, 2.05) is 6.07 Å². The molecule has 1 fully saturated rings. The first-order valence-electron chi connectivity index (χ1n) is 5.63. The molecule has 0 atom stereocenters. The molecule has 0 saturated heterocycles. The minimum atomic E-state index is -0.299. The number of hydrogen-bond acceptors (Lipinski definition) is 2. The molecule has 2 aromatic rings. The Morgan fingerprint density at radius 2 is 2.06 bits per heavy atom. The van der Waals surface area contributed by atoms with Crippen LogP contribution in [-0.4, -0.2) is 6.29 Å². The highest BCUT2D eigenvalue weighted by atomic mass is 32.1. The molecule has 86 valence electrons. The van der Waals surface area contributed by atoms with Crippen molar-refractivity contribution in [3.63, 3.8) is 0 Å². The molecule has 0 radical (unpaired) electrons. The van der Waals surface area contributed by atoms with Crippen LogP contribution in [0.15, 0.2) is 30.3 Å². The van der Waals surface area contributed by atoms with Gasteiger partial charge in [0.25, 0.3) is 0 Å². The predicted molar refractivity (Wildman–Crippen MR) is 67.1 cm³/mol. The first kappa shape index (κ1) is 10.7. The molecule has 1 aromatic carbocycles. The van der Waals surface area contributed by atoms with Crippen LogP contribution in [0.4, 0.5) is 4.39 Å². The summed E-state index contributed by atoms with van der Waals surface area (Å²) in [7, 11) is 0. The second kappa shape index (κ2) is 4.08. The average Bonchev–Trinajstić information content (AvgIpc) is 3.07. The maximum Gasteiger partial charge on any atom is 0.150 e. The number of aldehydes is 1. The molecule has 0 bridgehead atoms. The lowest BCUT2D eigenvalue weighted by Crippen LogP contribution is -1.86. The maximum atomic E-state index is 13.2. The molecule has 0 amide bonds. The standard InChI is InChI=1S/C14H11FOS/c15-11-4-3-10(8-16)12(7-11)14-6-5-13(17-14)9-1-2-9/h3-9H,1-2H2. The second-order valence-corrected chi connectivity index (χ2v) is 5.44. The van der Waals surface area contributed by atoms with Crippen LogP contribution in [0.3, 0.4) is 0 Å². The van der Waals surface area contributed by atoms with E-state index in [4.69, 9.17) is 0 Å². The van der Waals surface area contributed by atoms with Crippen LogP contribution >= 0.6 is 11.3 Å². The van der Waals surface area contributed by atoms with Crippen LogP contribution < -0.4 is 0 Å². The van der Waals surface area contributed by atoms with Crippen molar-refractivity contribution in [1.82, 2.24) is 0 Å². The molecule has 0 N–H and O–H groups in total. The maximum absolute atomic E-state index is 13.2. The van der Waals surface area contributed by atoms with Crippen molar-refractivity contribution in [3.05, 3.63) is 46.6 Å². The van der Waals surface area contributed by atoms with E-state index >= 15 is 0 Å². The summed E-state index contributed by atoms with van der Waals surface area (Å²) in [5.41, 5.74) is 1.26. The molecule has 1 heterocycles. The summed E-state index contributed by atoms with van der Waals surface area (Å²) in [4.78, 5) is 13.3. The summed E-state index contributed by atoms with van der Waals surface area (Å²) < 4.78 is 13.2. The van der Waals surface area contributed by atoms with Crippen molar-refractivity contribution in [2.24, 2.45) is 0 Å². The fraction of sp³-hybridized carbons (Fsp3) is 0.214. The van der Waals surface area contributed by atoms with Crippen LogP contribution in [0.5, 0.6) is 0 Å². The molecule has 1 nitrogen and oxygen atoms in total. The van der Waals surface area contributed by atoms with Gasteiger partial charge in [0.2, 0.25) is 0 Å². The Morgan fingerprint density at radius 3 is 2.76 bits per heavy atom. The first-order valence-corrected chi connectivity index (χ1v) is 6.44. The minimum absolute atomic E-state index is 0.299. The average molecular weight is 246 g/mol. The summed E-state index contributed by atoms with van der Waals surface area (Å²) >= 11 is 1.67. The zero-order valence-corrected chi connectivity index (χ0v) is 9.97. The molecule has 3 rings (SSSR count). The van der Waals surface area contributed by atoms with Gasteiger partial charge in [-0.15, -0.1) is 11.3 Å². The monoisotopic (exact) mass is 246 g/mol. The largest absolute Gasteiger partial charge is 0.298 e. The molecular weight excluding hydrogens is 235 g/mol. The molecule has 17 heavy (non-hydrogen) atoms. The molecule has 0 unspecified atom stereocenters. The van der Waals surface area contributed by atoms with Gasteiger partial charge in [0.15, 0.2) is 6.29 Å². The highest BCUT2D eigenvalue weighted by molar-refractivity contribution is 7.15. The van der Waals surface area contributed by atoms with Crippen molar-refractivity contribution in [2.75, 3.05) is 0 Å². The summed E-state index contributed by atoms with van der Waals surface area (Å²) in [6.07, 6.45) is 3.29. The Hall–Kier alpha value is -1.48. The molecular formula is C14H11FOS. The summed E-state index contributed by atoms with van der Waals surface area (Å²) in [6, 6.07) is 8.38. The number of hydrogen-bond donors (Lipinski definition) is 0. The zero-order chi connectivity index (χ0) is 11.8. The SMILES string of the molecule is O=Cc1ccc(F)cc1-c1ccc(C2CC2)s1. The zero-order valence-electron chi connectivity index (χ0n) is 9.15. The van der Waals surface area contributed by atoms with Gasteiger partial charge in [-0.05, 0) is 49.1 Å². The van der Waals surface area contributed by atoms with Gasteiger partial charge in [-0.2, -0.15) is 0 Å². The van der Waals surface area contributed by atoms with Gasteiger partial charge < -0.3 is 0 Å². The van der Waals surface area contributed by atoms with Crippen LogP contribution in [0, 0.1) is 5.82 Å². The van der Waals surface area contributed by atoms with Crippen LogP contribution in [0.1, 0.15) is 34.0 Å². The van der Waals surface area contributed by atoms with Gasteiger partial charge in [-0.1, -0.05) is 0 Å². The van der Waals surface area contributed by atoms with Crippen molar-refractivity contribution in [2.45, 2.75) is 18.8 Å². The molecule has 0 aliphatic heterocycles. The van der Waals surface area contributed by atoms with Crippen LogP contribution in [0.25, 0.3) is 10.4 Å².